The van der Waals surface area contributed by atoms with E-state index in [4.69, 9.17) is 0 Å². The van der Waals surface area contributed by atoms with Crippen LogP contribution in [0, 0.1) is 0 Å². The number of pyridine rings is 1. The molecule has 0 aliphatic heterocycles. The quantitative estimate of drug-likeness (QED) is 0.488. The van der Waals surface area contributed by atoms with Gasteiger partial charge in [-0.2, -0.15) is 0 Å². The molecule has 0 spiro atoms. The van der Waals surface area contributed by atoms with E-state index in [2.05, 4.69) is 16.0 Å². The molecule has 4 aromatic rings. The Labute approximate surface area is 103 Å². The number of phenols is 1. The molecule has 0 atom stereocenters. The Kier molecular flexibility index (Phi) is 1.70. The van der Waals surface area contributed by atoms with E-state index in [1.54, 1.807) is 12.1 Å². The van der Waals surface area contributed by atoms with Gasteiger partial charge in [-0.3, -0.25) is 4.98 Å². The maximum Gasteiger partial charge on any atom is 0.116 e. The summed E-state index contributed by atoms with van der Waals surface area (Å²) in [5.74, 6) is 0.275. The lowest BCUT2D eigenvalue weighted by Gasteiger charge is -1.97. The summed E-state index contributed by atoms with van der Waals surface area (Å²) in [6.45, 7) is 0. The average molecular weight is 234 g/mol. The van der Waals surface area contributed by atoms with Gasteiger partial charge in [0.25, 0.3) is 0 Å². The number of nitrogens with zero attached hydrogens (tertiary/aromatic N) is 1. The van der Waals surface area contributed by atoms with Crippen LogP contribution in [0.3, 0.4) is 0 Å². The molecule has 86 valence electrons. The van der Waals surface area contributed by atoms with Crippen molar-refractivity contribution in [3.63, 3.8) is 0 Å². The van der Waals surface area contributed by atoms with Crippen LogP contribution in [0.15, 0.2) is 48.7 Å². The Morgan fingerprint density at radius 2 is 1.83 bits per heavy atom. The lowest BCUT2D eigenvalue weighted by Crippen LogP contribution is -1.79. The van der Waals surface area contributed by atoms with Crippen LogP contribution in [-0.2, 0) is 0 Å². The molecule has 0 saturated heterocycles. The number of para-hydroxylation sites is 1. The second-order valence-electron chi connectivity index (χ2n) is 4.42. The van der Waals surface area contributed by atoms with Crippen LogP contribution < -0.4 is 0 Å². The molecule has 18 heavy (non-hydrogen) atoms. The van der Waals surface area contributed by atoms with Gasteiger partial charge in [0.2, 0.25) is 0 Å². The Hall–Kier alpha value is -2.55. The van der Waals surface area contributed by atoms with Crippen molar-refractivity contribution in [1.82, 2.24) is 9.97 Å². The van der Waals surface area contributed by atoms with Crippen molar-refractivity contribution < 1.29 is 5.11 Å². The molecule has 0 aliphatic carbocycles. The van der Waals surface area contributed by atoms with E-state index < -0.39 is 0 Å². The van der Waals surface area contributed by atoms with Crippen LogP contribution in [0.4, 0.5) is 0 Å². The number of aromatic nitrogens is 2. The third-order valence-corrected chi connectivity index (χ3v) is 3.33. The average Bonchev–Trinajstić information content (AvgIpc) is 2.77. The number of hydrogen-bond donors (Lipinski definition) is 2. The molecule has 0 fully saturated rings. The molecule has 3 nitrogen and oxygen atoms in total. The topological polar surface area (TPSA) is 48.9 Å². The van der Waals surface area contributed by atoms with Crippen molar-refractivity contribution in [3.05, 3.63) is 48.7 Å². The molecule has 0 aliphatic rings. The van der Waals surface area contributed by atoms with Gasteiger partial charge in [-0.1, -0.05) is 18.2 Å². The molecule has 2 aromatic carbocycles. The number of benzene rings is 2. The number of aromatic amines is 1. The highest BCUT2D eigenvalue weighted by Crippen LogP contribution is 2.31. The summed E-state index contributed by atoms with van der Waals surface area (Å²) in [5, 5.41) is 12.7. The largest absolute Gasteiger partial charge is 0.508 e. The van der Waals surface area contributed by atoms with Gasteiger partial charge in [0.05, 0.1) is 11.0 Å². The van der Waals surface area contributed by atoms with Gasteiger partial charge in [-0.25, -0.2) is 0 Å². The highest BCUT2D eigenvalue weighted by Gasteiger charge is 2.08. The monoisotopic (exact) mass is 234 g/mol. The van der Waals surface area contributed by atoms with Crippen LogP contribution in [0.25, 0.3) is 32.7 Å². The summed E-state index contributed by atoms with van der Waals surface area (Å²) in [6.07, 6.45) is 1.86. The minimum absolute atomic E-state index is 0.275. The first-order valence-electron chi connectivity index (χ1n) is 5.81. The molecule has 0 unspecified atom stereocenters. The van der Waals surface area contributed by atoms with E-state index in [1.165, 1.54) is 0 Å². The zero-order valence-electron chi connectivity index (χ0n) is 9.51. The van der Waals surface area contributed by atoms with E-state index in [1.807, 2.05) is 30.5 Å². The third-order valence-electron chi connectivity index (χ3n) is 3.33. The maximum absolute atomic E-state index is 9.59. The fraction of sp³-hybridized carbons (Fsp3) is 0. The lowest BCUT2D eigenvalue weighted by atomic mass is 10.1. The van der Waals surface area contributed by atoms with Crippen LogP contribution in [0.5, 0.6) is 5.75 Å². The molecule has 3 heteroatoms. The van der Waals surface area contributed by atoms with Crippen LogP contribution >= 0.6 is 0 Å². The zero-order valence-corrected chi connectivity index (χ0v) is 9.51. The summed E-state index contributed by atoms with van der Waals surface area (Å²) in [4.78, 5) is 7.86. The van der Waals surface area contributed by atoms with E-state index in [0.29, 0.717) is 0 Å². The minimum Gasteiger partial charge on any atom is -0.508 e. The molecular formula is C15H10N2O. The summed E-state index contributed by atoms with van der Waals surface area (Å²) in [6, 6.07) is 13.4. The maximum atomic E-state index is 9.59. The predicted octanol–water partition coefficient (Wildman–Crippen LogP) is 3.57. The molecule has 2 N–H and O–H groups in total. The number of hydrogen-bond acceptors (Lipinski definition) is 2. The fourth-order valence-corrected chi connectivity index (χ4v) is 2.48. The van der Waals surface area contributed by atoms with Crippen molar-refractivity contribution in [1.29, 1.82) is 0 Å². The van der Waals surface area contributed by atoms with Crippen LogP contribution in [0.1, 0.15) is 0 Å². The number of fused-ring (bicyclic) bond motifs is 5. The molecule has 2 aromatic heterocycles. The van der Waals surface area contributed by atoms with Crippen molar-refractivity contribution >= 4 is 32.7 Å². The minimum atomic E-state index is 0.275. The SMILES string of the molecule is Oc1ccc2[nH]c3c4ccccc4ncc3c2c1. The number of aromatic hydroxyl groups is 1. The summed E-state index contributed by atoms with van der Waals surface area (Å²) in [5.41, 5.74) is 3.06. The van der Waals surface area contributed by atoms with Crippen LogP contribution in [0.2, 0.25) is 0 Å². The number of phenolic OH excluding ortho intramolecular Hbond substituents is 1. The van der Waals surface area contributed by atoms with E-state index >= 15 is 0 Å². The smallest absolute Gasteiger partial charge is 0.116 e. The van der Waals surface area contributed by atoms with Gasteiger partial charge in [0.1, 0.15) is 5.75 Å². The van der Waals surface area contributed by atoms with Crippen LogP contribution in [-0.4, -0.2) is 15.1 Å². The zero-order chi connectivity index (χ0) is 12.1. The molecule has 0 radical (unpaired) electrons. The highest BCUT2D eigenvalue weighted by molar-refractivity contribution is 6.15. The molecule has 2 heterocycles. The molecule has 0 amide bonds. The first-order valence-corrected chi connectivity index (χ1v) is 5.81. The van der Waals surface area contributed by atoms with Crippen molar-refractivity contribution in [2.75, 3.05) is 0 Å². The second-order valence-corrected chi connectivity index (χ2v) is 4.42. The van der Waals surface area contributed by atoms with E-state index in [-0.39, 0.29) is 5.75 Å². The van der Waals surface area contributed by atoms with E-state index in [0.717, 1.165) is 32.7 Å². The first kappa shape index (κ1) is 9.48. The molecule has 0 bridgehead atoms. The highest BCUT2D eigenvalue weighted by atomic mass is 16.3. The summed E-state index contributed by atoms with van der Waals surface area (Å²) >= 11 is 0. The van der Waals surface area contributed by atoms with E-state index in [9.17, 15) is 5.11 Å². The van der Waals surface area contributed by atoms with Crippen molar-refractivity contribution in [2.24, 2.45) is 0 Å². The first-order chi connectivity index (χ1) is 8.83. The lowest BCUT2D eigenvalue weighted by molar-refractivity contribution is 0.476. The standard InChI is InChI=1S/C15H10N2O/c18-9-5-6-14-11(7-9)12-8-16-13-4-2-1-3-10(13)15(12)17-14/h1-8,17-18H. The van der Waals surface area contributed by atoms with Gasteiger partial charge >= 0.3 is 0 Å². The second kappa shape index (κ2) is 3.23. The molecular weight excluding hydrogens is 224 g/mol. The Balaban J connectivity index is 2.30. The summed E-state index contributed by atoms with van der Waals surface area (Å²) < 4.78 is 0. The fourth-order valence-electron chi connectivity index (χ4n) is 2.48. The van der Waals surface area contributed by atoms with Crippen molar-refractivity contribution in [2.45, 2.75) is 0 Å². The van der Waals surface area contributed by atoms with Gasteiger partial charge < -0.3 is 10.1 Å². The Bertz CT molecular complexity index is 893. The van der Waals surface area contributed by atoms with Crippen molar-refractivity contribution in [3.8, 4) is 5.75 Å². The summed E-state index contributed by atoms with van der Waals surface area (Å²) in [7, 11) is 0. The number of nitrogens with one attached hydrogen (secondary N) is 1. The Morgan fingerprint density at radius 3 is 2.78 bits per heavy atom. The normalized spacial score (nSPS) is 11.6. The predicted molar refractivity (Wildman–Crippen MR) is 72.8 cm³/mol. The number of H-pyrrole nitrogens is 1. The number of rotatable bonds is 0. The molecule has 0 saturated carbocycles. The third kappa shape index (κ3) is 1.16. The van der Waals surface area contributed by atoms with Gasteiger partial charge in [-0.15, -0.1) is 0 Å². The Morgan fingerprint density at radius 1 is 0.944 bits per heavy atom. The molecule has 4 rings (SSSR count). The van der Waals surface area contributed by atoms with Gasteiger partial charge in [0.15, 0.2) is 0 Å². The van der Waals surface area contributed by atoms with Gasteiger partial charge in [-0.05, 0) is 24.3 Å². The van der Waals surface area contributed by atoms with Gasteiger partial charge in [0, 0.05) is 27.9 Å².